The molecule has 0 saturated heterocycles. The third kappa shape index (κ3) is 2.97. The van der Waals surface area contributed by atoms with E-state index in [1.165, 1.54) is 0 Å². The van der Waals surface area contributed by atoms with Gasteiger partial charge in [0.05, 0.1) is 23.2 Å². The first-order valence-corrected chi connectivity index (χ1v) is 7.75. The molecule has 1 N–H and O–H groups in total. The zero-order chi connectivity index (χ0) is 17.1. The summed E-state index contributed by atoms with van der Waals surface area (Å²) in [4.78, 5) is 17.0. The van der Waals surface area contributed by atoms with Gasteiger partial charge in [0.1, 0.15) is 0 Å². The van der Waals surface area contributed by atoms with Crippen LogP contribution in [0.25, 0.3) is 10.9 Å². The van der Waals surface area contributed by atoms with Crippen LogP contribution in [0.1, 0.15) is 40.0 Å². The molecule has 0 saturated carbocycles. The highest BCUT2D eigenvalue weighted by Crippen LogP contribution is 2.23. The predicted molar refractivity (Wildman–Crippen MR) is 93.5 cm³/mol. The molecule has 0 radical (unpaired) electrons. The summed E-state index contributed by atoms with van der Waals surface area (Å²) in [5.41, 5.74) is 3.77. The SMILES string of the molecule is Cc1ccc(C#N)cc1C(=O)N[C@H](C)c1ccnc2ccccc12. The first kappa shape index (κ1) is 15.7. The van der Waals surface area contributed by atoms with Gasteiger partial charge in [0.2, 0.25) is 0 Å². The second kappa shape index (κ2) is 6.51. The number of aromatic nitrogens is 1. The number of hydrogen-bond donors (Lipinski definition) is 1. The summed E-state index contributed by atoms with van der Waals surface area (Å²) < 4.78 is 0. The van der Waals surface area contributed by atoms with Crippen LogP contribution in [0.5, 0.6) is 0 Å². The Kier molecular flexibility index (Phi) is 4.26. The van der Waals surface area contributed by atoms with Crippen LogP contribution >= 0.6 is 0 Å². The highest BCUT2D eigenvalue weighted by Gasteiger charge is 2.16. The first-order valence-electron chi connectivity index (χ1n) is 7.75. The Balaban J connectivity index is 1.90. The van der Waals surface area contributed by atoms with Gasteiger partial charge in [-0.3, -0.25) is 9.78 Å². The van der Waals surface area contributed by atoms with Crippen LogP contribution < -0.4 is 5.32 Å². The van der Waals surface area contributed by atoms with E-state index in [-0.39, 0.29) is 11.9 Å². The van der Waals surface area contributed by atoms with Crippen molar-refractivity contribution < 1.29 is 4.79 Å². The lowest BCUT2D eigenvalue weighted by molar-refractivity contribution is 0.0939. The molecule has 0 aliphatic rings. The molecule has 118 valence electrons. The van der Waals surface area contributed by atoms with Crippen molar-refractivity contribution in [1.29, 1.82) is 5.26 Å². The number of nitrogens with zero attached hydrogens (tertiary/aromatic N) is 2. The van der Waals surface area contributed by atoms with Crippen molar-refractivity contribution in [2.45, 2.75) is 19.9 Å². The number of rotatable bonds is 3. The van der Waals surface area contributed by atoms with E-state index in [0.717, 1.165) is 22.0 Å². The Morgan fingerprint density at radius 3 is 2.79 bits per heavy atom. The minimum absolute atomic E-state index is 0.171. The number of pyridine rings is 1. The van der Waals surface area contributed by atoms with Gasteiger partial charge in [-0.2, -0.15) is 5.26 Å². The molecule has 2 aromatic carbocycles. The summed E-state index contributed by atoms with van der Waals surface area (Å²) in [5, 5.41) is 13.1. The maximum Gasteiger partial charge on any atom is 0.252 e. The van der Waals surface area contributed by atoms with Crippen molar-refractivity contribution in [2.75, 3.05) is 0 Å². The fraction of sp³-hybridized carbons (Fsp3) is 0.150. The van der Waals surface area contributed by atoms with Crippen LogP contribution in [-0.4, -0.2) is 10.9 Å². The quantitative estimate of drug-likeness (QED) is 0.797. The first-order chi connectivity index (χ1) is 11.6. The number of carbonyl (C=O) groups excluding carboxylic acids is 1. The number of fused-ring (bicyclic) bond motifs is 1. The summed E-state index contributed by atoms with van der Waals surface area (Å²) in [7, 11) is 0. The maximum absolute atomic E-state index is 12.6. The molecule has 0 fully saturated rings. The molecule has 24 heavy (non-hydrogen) atoms. The van der Waals surface area contributed by atoms with Gasteiger partial charge in [-0.05, 0) is 49.2 Å². The van der Waals surface area contributed by atoms with Crippen LogP contribution in [0.4, 0.5) is 0 Å². The van der Waals surface area contributed by atoms with E-state index in [1.54, 1.807) is 24.4 Å². The largest absolute Gasteiger partial charge is 0.345 e. The number of amides is 1. The van der Waals surface area contributed by atoms with Crippen LogP contribution in [0.3, 0.4) is 0 Å². The summed E-state index contributed by atoms with van der Waals surface area (Å²) in [6, 6.07) is 16.8. The fourth-order valence-corrected chi connectivity index (χ4v) is 2.78. The Hall–Kier alpha value is -3.19. The fourth-order valence-electron chi connectivity index (χ4n) is 2.78. The molecule has 3 aromatic rings. The smallest absolute Gasteiger partial charge is 0.252 e. The molecule has 0 unspecified atom stereocenters. The molecule has 1 atom stereocenters. The van der Waals surface area contributed by atoms with E-state index >= 15 is 0 Å². The summed E-state index contributed by atoms with van der Waals surface area (Å²) in [6.07, 6.45) is 1.75. The van der Waals surface area contributed by atoms with Gasteiger partial charge < -0.3 is 5.32 Å². The second-order valence-electron chi connectivity index (χ2n) is 5.75. The van der Waals surface area contributed by atoms with Crippen molar-refractivity contribution in [1.82, 2.24) is 10.3 Å². The molecule has 0 spiro atoms. The standard InChI is InChI=1S/C20H17N3O/c1-13-7-8-15(12-21)11-18(13)20(24)23-14(2)16-9-10-22-19-6-4-3-5-17(16)19/h3-11,14H,1-2H3,(H,23,24)/t14-/m1/s1. The van der Waals surface area contributed by atoms with Crippen LogP contribution in [0.15, 0.2) is 54.7 Å². The number of para-hydroxylation sites is 1. The van der Waals surface area contributed by atoms with Crippen molar-refractivity contribution in [3.05, 3.63) is 77.0 Å². The lowest BCUT2D eigenvalue weighted by atomic mass is 10.0. The molecular weight excluding hydrogens is 298 g/mol. The molecule has 3 rings (SSSR count). The van der Waals surface area contributed by atoms with E-state index in [0.29, 0.717) is 11.1 Å². The minimum atomic E-state index is -0.182. The second-order valence-corrected chi connectivity index (χ2v) is 5.75. The van der Waals surface area contributed by atoms with E-state index < -0.39 is 0 Å². The van der Waals surface area contributed by atoms with Gasteiger partial charge in [0, 0.05) is 17.1 Å². The molecular formula is C20H17N3O. The molecule has 4 nitrogen and oxygen atoms in total. The number of hydrogen-bond acceptors (Lipinski definition) is 3. The van der Waals surface area contributed by atoms with Crippen molar-refractivity contribution in [3.63, 3.8) is 0 Å². The molecule has 1 aromatic heterocycles. The lowest BCUT2D eigenvalue weighted by Crippen LogP contribution is -2.27. The third-order valence-electron chi connectivity index (χ3n) is 4.11. The normalized spacial score (nSPS) is 11.7. The van der Waals surface area contributed by atoms with Crippen molar-refractivity contribution >= 4 is 16.8 Å². The zero-order valence-corrected chi connectivity index (χ0v) is 13.6. The Morgan fingerprint density at radius 2 is 2.00 bits per heavy atom. The molecule has 1 amide bonds. The van der Waals surface area contributed by atoms with Gasteiger partial charge in [-0.15, -0.1) is 0 Å². The van der Waals surface area contributed by atoms with Crippen molar-refractivity contribution in [3.8, 4) is 6.07 Å². The highest BCUT2D eigenvalue weighted by molar-refractivity contribution is 5.96. The summed E-state index contributed by atoms with van der Waals surface area (Å²) in [5.74, 6) is -0.182. The maximum atomic E-state index is 12.6. The third-order valence-corrected chi connectivity index (χ3v) is 4.11. The van der Waals surface area contributed by atoms with Gasteiger partial charge >= 0.3 is 0 Å². The van der Waals surface area contributed by atoms with Gasteiger partial charge in [0.15, 0.2) is 0 Å². The highest BCUT2D eigenvalue weighted by atomic mass is 16.1. The monoisotopic (exact) mass is 315 g/mol. The number of aryl methyl sites for hydroxylation is 1. The number of benzene rings is 2. The average molecular weight is 315 g/mol. The van der Waals surface area contributed by atoms with Gasteiger partial charge in [0.25, 0.3) is 5.91 Å². The minimum Gasteiger partial charge on any atom is -0.345 e. The van der Waals surface area contributed by atoms with Crippen LogP contribution in [-0.2, 0) is 0 Å². The summed E-state index contributed by atoms with van der Waals surface area (Å²) in [6.45, 7) is 3.81. The number of nitrogens with one attached hydrogen (secondary N) is 1. The van der Waals surface area contributed by atoms with Gasteiger partial charge in [-0.25, -0.2) is 0 Å². The van der Waals surface area contributed by atoms with Crippen molar-refractivity contribution in [2.24, 2.45) is 0 Å². The number of carbonyl (C=O) groups is 1. The Morgan fingerprint density at radius 1 is 1.21 bits per heavy atom. The zero-order valence-electron chi connectivity index (χ0n) is 13.6. The number of nitriles is 1. The molecule has 0 aliphatic heterocycles. The van der Waals surface area contributed by atoms with E-state index in [2.05, 4.69) is 16.4 Å². The van der Waals surface area contributed by atoms with Crippen LogP contribution in [0, 0.1) is 18.3 Å². The van der Waals surface area contributed by atoms with E-state index in [1.807, 2.05) is 44.2 Å². The predicted octanol–water partition coefficient (Wildman–Crippen LogP) is 3.91. The van der Waals surface area contributed by atoms with Crippen LogP contribution in [0.2, 0.25) is 0 Å². The van der Waals surface area contributed by atoms with E-state index in [4.69, 9.17) is 5.26 Å². The van der Waals surface area contributed by atoms with E-state index in [9.17, 15) is 4.79 Å². The average Bonchev–Trinajstić information content (AvgIpc) is 2.61. The molecule has 0 aliphatic carbocycles. The topological polar surface area (TPSA) is 65.8 Å². The molecule has 4 heteroatoms. The molecule has 0 bridgehead atoms. The van der Waals surface area contributed by atoms with Gasteiger partial charge in [-0.1, -0.05) is 24.3 Å². The Labute approximate surface area is 140 Å². The Bertz CT molecular complexity index is 951. The molecule has 1 heterocycles. The summed E-state index contributed by atoms with van der Waals surface area (Å²) >= 11 is 0. The lowest BCUT2D eigenvalue weighted by Gasteiger charge is -2.17.